The molecule has 4 nitrogen and oxygen atoms in total. The van der Waals surface area contributed by atoms with Gasteiger partial charge in [0.2, 0.25) is 5.91 Å². The number of halogens is 2. The lowest BCUT2D eigenvalue weighted by atomic mass is 9.81. The third-order valence-corrected chi connectivity index (χ3v) is 4.85. The number of rotatable bonds is 3. The molecule has 1 aliphatic heterocycles. The number of piperidine rings is 1. The van der Waals surface area contributed by atoms with Crippen molar-refractivity contribution in [3.63, 3.8) is 0 Å². The SMILES string of the molecule is CC(C)[C@@H](N)C(=O)N1CCC(O)(c2ccc(Cl)cc2)CC1C.Cl. The molecule has 1 aromatic rings. The van der Waals surface area contributed by atoms with Crippen LogP contribution in [0.15, 0.2) is 24.3 Å². The van der Waals surface area contributed by atoms with E-state index in [0.29, 0.717) is 24.4 Å². The molecular formula is C17H26Cl2N2O2. The molecule has 2 rings (SSSR count). The maximum absolute atomic E-state index is 12.4. The Kier molecular flexibility index (Phi) is 6.90. The number of hydrogen-bond donors (Lipinski definition) is 2. The third kappa shape index (κ3) is 4.38. The maximum atomic E-state index is 12.4. The van der Waals surface area contributed by atoms with Crippen LogP contribution in [0.1, 0.15) is 39.2 Å². The second kappa shape index (κ2) is 7.84. The molecule has 3 atom stereocenters. The smallest absolute Gasteiger partial charge is 0.239 e. The molecule has 0 aromatic heterocycles. The predicted octanol–water partition coefficient (Wildman–Crippen LogP) is 2.94. The lowest BCUT2D eigenvalue weighted by Crippen LogP contribution is -2.55. The highest BCUT2D eigenvalue weighted by molar-refractivity contribution is 6.30. The first-order chi connectivity index (χ1) is 10.2. The van der Waals surface area contributed by atoms with E-state index < -0.39 is 11.6 Å². The zero-order chi connectivity index (χ0) is 16.5. The first-order valence-corrected chi connectivity index (χ1v) is 8.17. The van der Waals surface area contributed by atoms with Gasteiger partial charge in [0.15, 0.2) is 0 Å². The van der Waals surface area contributed by atoms with Crippen LogP contribution >= 0.6 is 24.0 Å². The Labute approximate surface area is 149 Å². The Hall–Kier alpha value is -0.810. The van der Waals surface area contributed by atoms with E-state index in [1.54, 1.807) is 17.0 Å². The van der Waals surface area contributed by atoms with E-state index in [-0.39, 0.29) is 30.3 Å². The van der Waals surface area contributed by atoms with Gasteiger partial charge in [-0.1, -0.05) is 37.6 Å². The van der Waals surface area contributed by atoms with Gasteiger partial charge in [0, 0.05) is 24.0 Å². The normalized spacial score (nSPS) is 25.9. The number of nitrogens with two attached hydrogens (primary N) is 1. The minimum atomic E-state index is -0.914. The summed E-state index contributed by atoms with van der Waals surface area (Å²) in [6.07, 6.45) is 1.01. The van der Waals surface area contributed by atoms with E-state index in [2.05, 4.69) is 0 Å². The molecule has 0 bridgehead atoms. The molecule has 130 valence electrons. The Morgan fingerprint density at radius 2 is 1.96 bits per heavy atom. The Bertz CT molecular complexity index is 536. The molecule has 1 saturated heterocycles. The van der Waals surface area contributed by atoms with Crippen LogP contribution in [0.2, 0.25) is 5.02 Å². The van der Waals surface area contributed by atoms with Gasteiger partial charge in [-0.3, -0.25) is 4.79 Å². The molecule has 0 spiro atoms. The first kappa shape index (κ1) is 20.2. The van der Waals surface area contributed by atoms with Crippen LogP contribution < -0.4 is 5.73 Å². The minimum Gasteiger partial charge on any atom is -0.385 e. The molecule has 6 heteroatoms. The van der Waals surface area contributed by atoms with Gasteiger partial charge < -0.3 is 15.7 Å². The van der Waals surface area contributed by atoms with Crippen molar-refractivity contribution in [3.05, 3.63) is 34.9 Å². The fraction of sp³-hybridized carbons (Fsp3) is 0.588. The van der Waals surface area contributed by atoms with E-state index in [1.807, 2.05) is 32.9 Å². The molecule has 0 saturated carbocycles. The van der Waals surface area contributed by atoms with Gasteiger partial charge in [-0.15, -0.1) is 12.4 Å². The van der Waals surface area contributed by atoms with Gasteiger partial charge in [0.05, 0.1) is 11.6 Å². The number of nitrogens with zero attached hydrogens (tertiary/aromatic N) is 1. The highest BCUT2D eigenvalue weighted by Gasteiger charge is 2.40. The van der Waals surface area contributed by atoms with E-state index in [0.717, 1.165) is 5.56 Å². The summed E-state index contributed by atoms with van der Waals surface area (Å²) >= 11 is 5.91. The summed E-state index contributed by atoms with van der Waals surface area (Å²) in [6.45, 7) is 6.37. The summed E-state index contributed by atoms with van der Waals surface area (Å²) in [5, 5.41) is 11.6. The van der Waals surface area contributed by atoms with Crippen molar-refractivity contribution in [3.8, 4) is 0 Å². The Morgan fingerprint density at radius 3 is 2.43 bits per heavy atom. The summed E-state index contributed by atoms with van der Waals surface area (Å²) in [7, 11) is 0. The van der Waals surface area contributed by atoms with Crippen molar-refractivity contribution in [2.24, 2.45) is 11.7 Å². The number of amides is 1. The summed E-state index contributed by atoms with van der Waals surface area (Å²) in [5.74, 6) is 0.0810. The quantitative estimate of drug-likeness (QED) is 0.870. The molecule has 1 heterocycles. The number of carbonyl (C=O) groups excluding carboxylic acids is 1. The second-order valence-corrected chi connectivity index (χ2v) is 7.08. The first-order valence-electron chi connectivity index (χ1n) is 7.79. The molecule has 0 radical (unpaired) electrons. The number of carbonyl (C=O) groups is 1. The molecule has 23 heavy (non-hydrogen) atoms. The van der Waals surface area contributed by atoms with Gasteiger partial charge in [0.25, 0.3) is 0 Å². The van der Waals surface area contributed by atoms with E-state index in [9.17, 15) is 9.90 Å². The maximum Gasteiger partial charge on any atom is 0.239 e. The molecule has 1 fully saturated rings. The van der Waals surface area contributed by atoms with Gasteiger partial charge in [-0.05, 0) is 37.0 Å². The third-order valence-electron chi connectivity index (χ3n) is 4.60. The largest absolute Gasteiger partial charge is 0.385 e. The molecule has 1 aromatic carbocycles. The average Bonchev–Trinajstić information content (AvgIpc) is 2.46. The van der Waals surface area contributed by atoms with E-state index >= 15 is 0 Å². The highest BCUT2D eigenvalue weighted by atomic mass is 35.5. The number of likely N-dealkylation sites (tertiary alicyclic amines) is 1. The van der Waals surface area contributed by atoms with Crippen molar-refractivity contribution in [1.82, 2.24) is 4.90 Å². The monoisotopic (exact) mass is 360 g/mol. The van der Waals surface area contributed by atoms with Crippen LogP contribution in [-0.2, 0) is 10.4 Å². The standard InChI is InChI=1S/C17H25ClN2O2.ClH/c1-11(2)15(19)16(21)20-9-8-17(22,10-12(20)3)13-4-6-14(18)7-5-13;/h4-7,11-12,15,22H,8-10,19H2,1-3H3;1H/t12?,15-,17?;/m1./s1. The summed E-state index contributed by atoms with van der Waals surface area (Å²) in [6, 6.07) is 6.74. The van der Waals surface area contributed by atoms with Gasteiger partial charge in [-0.2, -0.15) is 0 Å². The van der Waals surface area contributed by atoms with Crippen molar-refractivity contribution < 1.29 is 9.90 Å². The molecular weight excluding hydrogens is 335 g/mol. The van der Waals surface area contributed by atoms with Crippen molar-refractivity contribution >= 4 is 29.9 Å². The van der Waals surface area contributed by atoms with Gasteiger partial charge in [0.1, 0.15) is 0 Å². The number of benzene rings is 1. The van der Waals surface area contributed by atoms with Crippen molar-refractivity contribution in [2.75, 3.05) is 6.54 Å². The predicted molar refractivity (Wildman–Crippen MR) is 95.8 cm³/mol. The van der Waals surface area contributed by atoms with Gasteiger partial charge >= 0.3 is 0 Å². The van der Waals surface area contributed by atoms with Crippen LogP contribution in [-0.4, -0.2) is 34.5 Å². The highest BCUT2D eigenvalue weighted by Crippen LogP contribution is 2.36. The van der Waals surface area contributed by atoms with Crippen LogP contribution in [0.5, 0.6) is 0 Å². The zero-order valence-corrected chi connectivity index (χ0v) is 15.4. The molecule has 2 unspecified atom stereocenters. The summed E-state index contributed by atoms with van der Waals surface area (Å²) in [5.41, 5.74) is 5.92. The van der Waals surface area contributed by atoms with Crippen LogP contribution in [0.3, 0.4) is 0 Å². The average molecular weight is 361 g/mol. The molecule has 0 aliphatic carbocycles. The topological polar surface area (TPSA) is 66.6 Å². The number of hydrogen-bond acceptors (Lipinski definition) is 3. The fourth-order valence-electron chi connectivity index (χ4n) is 3.05. The zero-order valence-electron chi connectivity index (χ0n) is 13.8. The molecule has 1 aliphatic rings. The summed E-state index contributed by atoms with van der Waals surface area (Å²) in [4.78, 5) is 14.2. The minimum absolute atomic E-state index is 0. The van der Waals surface area contributed by atoms with E-state index in [4.69, 9.17) is 17.3 Å². The van der Waals surface area contributed by atoms with E-state index in [1.165, 1.54) is 0 Å². The summed E-state index contributed by atoms with van der Waals surface area (Å²) < 4.78 is 0. The lowest BCUT2D eigenvalue weighted by molar-refractivity contribution is -0.142. The van der Waals surface area contributed by atoms with Crippen LogP contribution in [0.25, 0.3) is 0 Å². The second-order valence-electron chi connectivity index (χ2n) is 6.64. The van der Waals surface area contributed by atoms with Crippen molar-refractivity contribution in [1.29, 1.82) is 0 Å². The van der Waals surface area contributed by atoms with Crippen LogP contribution in [0.4, 0.5) is 0 Å². The molecule has 1 amide bonds. The Morgan fingerprint density at radius 1 is 1.39 bits per heavy atom. The lowest BCUT2D eigenvalue weighted by Gasteiger charge is -2.44. The van der Waals surface area contributed by atoms with Crippen molar-refractivity contribution in [2.45, 2.75) is 51.3 Å². The Balaban J connectivity index is 0.00000264. The molecule has 3 N–H and O–H groups in total. The fourth-order valence-corrected chi connectivity index (χ4v) is 3.18. The van der Waals surface area contributed by atoms with Crippen LogP contribution in [0, 0.1) is 5.92 Å². The van der Waals surface area contributed by atoms with Gasteiger partial charge in [-0.25, -0.2) is 0 Å². The number of aliphatic hydroxyl groups is 1.